The Balaban J connectivity index is 2.18. The molecule has 2 nitrogen and oxygen atoms in total. The van der Waals surface area contributed by atoms with Crippen LogP contribution in [0.1, 0.15) is 52.4 Å². The van der Waals surface area contributed by atoms with Crippen LogP contribution in [0.2, 0.25) is 0 Å². The monoisotopic (exact) mass is 254 g/mol. The molecule has 0 aromatic carbocycles. The van der Waals surface area contributed by atoms with E-state index in [4.69, 9.17) is 9.47 Å². The van der Waals surface area contributed by atoms with E-state index in [1.807, 2.05) is 0 Å². The highest BCUT2D eigenvalue weighted by Crippen LogP contribution is 2.26. The molecule has 0 spiro atoms. The Morgan fingerprint density at radius 1 is 0.833 bits per heavy atom. The van der Waals surface area contributed by atoms with E-state index in [2.05, 4.69) is 26.0 Å². The van der Waals surface area contributed by atoms with Gasteiger partial charge in [0.25, 0.3) is 0 Å². The number of hydrogen-bond donors (Lipinski definition) is 0. The predicted molar refractivity (Wildman–Crippen MR) is 76.8 cm³/mol. The highest BCUT2D eigenvalue weighted by Gasteiger charge is 2.22. The Bertz CT molecular complexity index is 191. The first-order chi connectivity index (χ1) is 8.88. The molecule has 0 saturated heterocycles. The van der Waals surface area contributed by atoms with E-state index in [-0.39, 0.29) is 0 Å². The van der Waals surface area contributed by atoms with Crippen LogP contribution in [0.5, 0.6) is 0 Å². The molecule has 1 rings (SSSR count). The molecular weight excluding hydrogens is 224 g/mol. The summed E-state index contributed by atoms with van der Waals surface area (Å²) in [6, 6.07) is 0. The zero-order chi connectivity index (χ0) is 13.1. The van der Waals surface area contributed by atoms with E-state index < -0.39 is 0 Å². The van der Waals surface area contributed by atoms with Gasteiger partial charge in [0.15, 0.2) is 0 Å². The van der Waals surface area contributed by atoms with Gasteiger partial charge < -0.3 is 9.47 Å². The third-order valence-electron chi connectivity index (χ3n) is 3.66. The van der Waals surface area contributed by atoms with Gasteiger partial charge >= 0.3 is 0 Å². The summed E-state index contributed by atoms with van der Waals surface area (Å²) in [5.41, 5.74) is 0. The topological polar surface area (TPSA) is 18.5 Å². The molecule has 0 saturated carbocycles. The van der Waals surface area contributed by atoms with Crippen molar-refractivity contribution in [2.75, 3.05) is 26.4 Å². The summed E-state index contributed by atoms with van der Waals surface area (Å²) < 4.78 is 11.6. The van der Waals surface area contributed by atoms with Crippen molar-refractivity contribution in [2.24, 2.45) is 11.8 Å². The van der Waals surface area contributed by atoms with Crippen LogP contribution < -0.4 is 0 Å². The predicted octanol–water partition coefficient (Wildman–Crippen LogP) is 4.20. The number of hydrogen-bond acceptors (Lipinski definition) is 2. The molecule has 1 aliphatic carbocycles. The van der Waals surface area contributed by atoms with Crippen LogP contribution in [0.4, 0.5) is 0 Å². The molecule has 18 heavy (non-hydrogen) atoms. The van der Waals surface area contributed by atoms with Gasteiger partial charge in [-0.15, -0.1) is 0 Å². The van der Waals surface area contributed by atoms with Crippen LogP contribution in [0.25, 0.3) is 0 Å². The van der Waals surface area contributed by atoms with Crippen LogP contribution in [-0.2, 0) is 9.47 Å². The Kier molecular flexibility index (Phi) is 9.23. The fraction of sp³-hybridized carbons (Fsp3) is 0.875. The zero-order valence-corrected chi connectivity index (χ0v) is 12.2. The highest BCUT2D eigenvalue weighted by atomic mass is 16.5. The van der Waals surface area contributed by atoms with Gasteiger partial charge in [0, 0.05) is 13.2 Å². The summed E-state index contributed by atoms with van der Waals surface area (Å²) in [6.07, 6.45) is 11.7. The maximum absolute atomic E-state index is 5.78. The first-order valence-electron chi connectivity index (χ1n) is 7.69. The third kappa shape index (κ3) is 6.55. The average molecular weight is 254 g/mol. The van der Waals surface area contributed by atoms with E-state index >= 15 is 0 Å². The molecule has 0 amide bonds. The summed E-state index contributed by atoms with van der Waals surface area (Å²) >= 11 is 0. The second kappa shape index (κ2) is 10.6. The lowest BCUT2D eigenvalue weighted by Gasteiger charge is -2.28. The van der Waals surface area contributed by atoms with Gasteiger partial charge in [-0.05, 0) is 37.5 Å². The summed E-state index contributed by atoms with van der Waals surface area (Å²) in [5, 5.41) is 0. The van der Waals surface area contributed by atoms with Gasteiger partial charge in [0.2, 0.25) is 0 Å². The molecule has 106 valence electrons. The SMILES string of the molecule is CCCCOC[C@H]1CC=CC[C@H]1COCCCC. The molecule has 0 N–H and O–H groups in total. The van der Waals surface area contributed by atoms with E-state index in [9.17, 15) is 0 Å². The first kappa shape index (κ1) is 15.7. The number of rotatable bonds is 10. The van der Waals surface area contributed by atoms with Crippen molar-refractivity contribution < 1.29 is 9.47 Å². The molecule has 2 heteroatoms. The molecule has 0 radical (unpaired) electrons. The fourth-order valence-corrected chi connectivity index (χ4v) is 2.30. The van der Waals surface area contributed by atoms with Crippen LogP contribution >= 0.6 is 0 Å². The largest absolute Gasteiger partial charge is 0.381 e. The molecule has 0 unspecified atom stereocenters. The summed E-state index contributed by atoms with van der Waals surface area (Å²) in [5.74, 6) is 1.32. The lowest BCUT2D eigenvalue weighted by molar-refractivity contribution is 0.0298. The highest BCUT2D eigenvalue weighted by molar-refractivity contribution is 4.94. The van der Waals surface area contributed by atoms with Crippen LogP contribution in [0.3, 0.4) is 0 Å². The van der Waals surface area contributed by atoms with Gasteiger partial charge in [0.05, 0.1) is 13.2 Å². The van der Waals surface area contributed by atoms with Crippen molar-refractivity contribution in [1.82, 2.24) is 0 Å². The molecule has 2 atom stereocenters. The van der Waals surface area contributed by atoms with E-state index in [0.717, 1.165) is 39.3 Å². The standard InChI is InChI=1S/C16H30O2/c1-3-5-11-17-13-15-9-7-8-10-16(15)14-18-12-6-4-2/h7-8,15-16H,3-6,9-14H2,1-2H3/t15-,16+. The minimum absolute atomic E-state index is 0.661. The molecule has 0 fully saturated rings. The van der Waals surface area contributed by atoms with Crippen molar-refractivity contribution in [1.29, 1.82) is 0 Å². The summed E-state index contributed by atoms with van der Waals surface area (Å²) in [7, 11) is 0. The minimum Gasteiger partial charge on any atom is -0.381 e. The lowest BCUT2D eigenvalue weighted by atomic mass is 9.84. The Morgan fingerprint density at radius 3 is 1.67 bits per heavy atom. The van der Waals surface area contributed by atoms with Gasteiger partial charge in [-0.1, -0.05) is 38.8 Å². The van der Waals surface area contributed by atoms with Crippen molar-refractivity contribution in [3.63, 3.8) is 0 Å². The Labute approximate surface area is 113 Å². The smallest absolute Gasteiger partial charge is 0.0500 e. The lowest BCUT2D eigenvalue weighted by Crippen LogP contribution is -2.26. The summed E-state index contributed by atoms with van der Waals surface area (Å²) in [4.78, 5) is 0. The zero-order valence-electron chi connectivity index (χ0n) is 12.2. The fourth-order valence-electron chi connectivity index (χ4n) is 2.30. The molecular formula is C16H30O2. The van der Waals surface area contributed by atoms with Gasteiger partial charge in [0.1, 0.15) is 0 Å². The normalized spacial score (nSPS) is 23.4. The average Bonchev–Trinajstić information content (AvgIpc) is 2.41. The van der Waals surface area contributed by atoms with Crippen molar-refractivity contribution in [2.45, 2.75) is 52.4 Å². The van der Waals surface area contributed by atoms with E-state index in [1.54, 1.807) is 0 Å². The molecule has 0 bridgehead atoms. The third-order valence-corrected chi connectivity index (χ3v) is 3.66. The maximum Gasteiger partial charge on any atom is 0.0500 e. The van der Waals surface area contributed by atoms with Crippen LogP contribution in [0.15, 0.2) is 12.2 Å². The van der Waals surface area contributed by atoms with Crippen LogP contribution in [-0.4, -0.2) is 26.4 Å². The minimum atomic E-state index is 0.661. The van der Waals surface area contributed by atoms with Gasteiger partial charge in [-0.2, -0.15) is 0 Å². The molecule has 0 heterocycles. The Hall–Kier alpha value is -0.340. The van der Waals surface area contributed by atoms with Gasteiger partial charge in [-0.25, -0.2) is 0 Å². The van der Waals surface area contributed by atoms with Crippen molar-refractivity contribution in [3.8, 4) is 0 Å². The second-order valence-electron chi connectivity index (χ2n) is 5.32. The number of ether oxygens (including phenoxy) is 2. The maximum atomic E-state index is 5.78. The Morgan fingerprint density at radius 2 is 1.28 bits per heavy atom. The second-order valence-corrected chi connectivity index (χ2v) is 5.32. The van der Waals surface area contributed by atoms with Crippen LogP contribution in [0, 0.1) is 11.8 Å². The molecule has 1 aliphatic rings. The van der Waals surface area contributed by atoms with Gasteiger partial charge in [-0.3, -0.25) is 0 Å². The van der Waals surface area contributed by atoms with E-state index in [1.165, 1.54) is 25.7 Å². The van der Waals surface area contributed by atoms with Crippen molar-refractivity contribution in [3.05, 3.63) is 12.2 Å². The summed E-state index contributed by atoms with van der Waals surface area (Å²) in [6.45, 7) is 8.06. The molecule has 0 aromatic rings. The molecule has 0 aromatic heterocycles. The van der Waals surface area contributed by atoms with Crippen molar-refractivity contribution >= 4 is 0 Å². The molecule has 0 aliphatic heterocycles. The number of allylic oxidation sites excluding steroid dienone is 2. The number of unbranched alkanes of at least 4 members (excludes halogenated alkanes) is 2. The quantitative estimate of drug-likeness (QED) is 0.429. The van der Waals surface area contributed by atoms with E-state index in [0.29, 0.717) is 11.8 Å². The first-order valence-corrected chi connectivity index (χ1v) is 7.69.